The van der Waals surface area contributed by atoms with Crippen LogP contribution in [0.4, 0.5) is 18.0 Å². The molecule has 4 rings (SSSR count). The first kappa shape index (κ1) is 23.4. The standard InChI is InChI=1S/C24H25ClF3N3O2/c1-30(15-16-8-10-17(25)11-9-16)21(32)20-7-4-14-31(20)22(33)29-23(12-13-23)18-5-2-3-6-19(18)24(26,27)28/h2-3,5-6,8-11,20H,4,7,12-15H2,1H3,(H,29,33). The predicted octanol–water partition coefficient (Wildman–Crippen LogP) is 5.18. The molecule has 0 spiro atoms. The van der Waals surface area contributed by atoms with Gasteiger partial charge in [0.2, 0.25) is 5.91 Å². The van der Waals surface area contributed by atoms with E-state index in [1.807, 2.05) is 12.1 Å². The molecule has 5 nitrogen and oxygen atoms in total. The molecule has 176 valence electrons. The number of alkyl halides is 3. The summed E-state index contributed by atoms with van der Waals surface area (Å²) < 4.78 is 40.6. The zero-order chi connectivity index (χ0) is 23.8. The SMILES string of the molecule is CN(Cc1ccc(Cl)cc1)C(=O)C1CCCN1C(=O)NC1(c2ccccc2C(F)(F)F)CC1. The molecule has 1 heterocycles. The van der Waals surface area contributed by atoms with Gasteiger partial charge in [0.1, 0.15) is 6.04 Å². The number of halogens is 4. The van der Waals surface area contributed by atoms with Crippen molar-refractivity contribution in [3.63, 3.8) is 0 Å². The fourth-order valence-corrected chi connectivity index (χ4v) is 4.60. The van der Waals surface area contributed by atoms with Crippen LogP contribution in [0.2, 0.25) is 5.02 Å². The molecule has 1 aliphatic heterocycles. The number of hydrogen-bond donors (Lipinski definition) is 1. The molecule has 2 fully saturated rings. The van der Waals surface area contributed by atoms with Crippen LogP contribution in [0.1, 0.15) is 42.4 Å². The highest BCUT2D eigenvalue weighted by Gasteiger charge is 2.51. The van der Waals surface area contributed by atoms with Crippen LogP contribution in [0.3, 0.4) is 0 Å². The third-order valence-corrected chi connectivity index (χ3v) is 6.60. The number of benzene rings is 2. The monoisotopic (exact) mass is 479 g/mol. The molecule has 3 amide bonds. The zero-order valence-electron chi connectivity index (χ0n) is 18.2. The average Bonchev–Trinajstić information content (AvgIpc) is 3.38. The van der Waals surface area contributed by atoms with Gasteiger partial charge in [0.05, 0.1) is 11.1 Å². The van der Waals surface area contributed by atoms with E-state index in [9.17, 15) is 22.8 Å². The van der Waals surface area contributed by atoms with Crippen LogP contribution >= 0.6 is 11.6 Å². The highest BCUT2D eigenvalue weighted by Crippen LogP contribution is 2.50. The minimum absolute atomic E-state index is 0.0766. The van der Waals surface area contributed by atoms with Crippen molar-refractivity contribution in [3.05, 3.63) is 70.2 Å². The minimum atomic E-state index is -4.51. The smallest absolute Gasteiger partial charge is 0.340 e. The number of carbonyl (C=O) groups excluding carboxylic acids is 2. The molecule has 0 aromatic heterocycles. The van der Waals surface area contributed by atoms with E-state index in [1.165, 1.54) is 17.0 Å². The van der Waals surface area contributed by atoms with Crippen LogP contribution < -0.4 is 5.32 Å². The number of amides is 3. The first-order chi connectivity index (χ1) is 15.6. The largest absolute Gasteiger partial charge is 0.416 e. The van der Waals surface area contributed by atoms with E-state index < -0.39 is 29.4 Å². The van der Waals surface area contributed by atoms with Crippen molar-refractivity contribution in [2.45, 2.75) is 50.0 Å². The maximum Gasteiger partial charge on any atom is 0.416 e. The lowest BCUT2D eigenvalue weighted by Crippen LogP contribution is -2.52. The number of hydrogen-bond acceptors (Lipinski definition) is 2. The summed E-state index contributed by atoms with van der Waals surface area (Å²) in [6, 6.07) is 11.4. The third kappa shape index (κ3) is 4.95. The van der Waals surface area contributed by atoms with Crippen molar-refractivity contribution in [2.24, 2.45) is 0 Å². The number of urea groups is 1. The maximum absolute atomic E-state index is 13.5. The number of rotatable bonds is 5. The Morgan fingerprint density at radius 2 is 1.82 bits per heavy atom. The topological polar surface area (TPSA) is 52.7 Å². The summed E-state index contributed by atoms with van der Waals surface area (Å²) in [4.78, 5) is 29.2. The van der Waals surface area contributed by atoms with Crippen LogP contribution in [-0.4, -0.2) is 41.4 Å². The summed E-state index contributed by atoms with van der Waals surface area (Å²) in [6.45, 7) is 0.749. The highest BCUT2D eigenvalue weighted by molar-refractivity contribution is 6.30. The van der Waals surface area contributed by atoms with Gasteiger partial charge in [-0.1, -0.05) is 41.9 Å². The molecule has 2 aromatic rings. The molecule has 1 unspecified atom stereocenters. The van der Waals surface area contributed by atoms with Crippen molar-refractivity contribution in [3.8, 4) is 0 Å². The molecule has 1 atom stereocenters. The summed E-state index contributed by atoms with van der Waals surface area (Å²) in [5.74, 6) is -0.196. The van der Waals surface area contributed by atoms with E-state index in [0.717, 1.165) is 11.6 Å². The van der Waals surface area contributed by atoms with Gasteiger partial charge in [-0.25, -0.2) is 4.79 Å². The van der Waals surface area contributed by atoms with E-state index >= 15 is 0 Å². The molecule has 2 aliphatic rings. The van der Waals surface area contributed by atoms with Crippen molar-refractivity contribution >= 4 is 23.5 Å². The van der Waals surface area contributed by atoms with Gasteiger partial charge in [-0.2, -0.15) is 13.2 Å². The Morgan fingerprint density at radius 1 is 1.15 bits per heavy atom. The van der Waals surface area contributed by atoms with Gasteiger partial charge in [-0.3, -0.25) is 4.79 Å². The zero-order valence-corrected chi connectivity index (χ0v) is 18.9. The van der Waals surface area contributed by atoms with Crippen LogP contribution in [0.15, 0.2) is 48.5 Å². The summed E-state index contributed by atoms with van der Waals surface area (Å²) in [7, 11) is 1.67. The number of likely N-dealkylation sites (N-methyl/N-ethyl adjacent to an activating group) is 1. The molecule has 0 bridgehead atoms. The Hall–Kier alpha value is -2.74. The molecule has 1 aliphatic carbocycles. The number of likely N-dealkylation sites (tertiary alicyclic amines) is 1. The molecule has 1 saturated carbocycles. The summed E-state index contributed by atoms with van der Waals surface area (Å²) in [5.41, 5.74) is -0.800. The Labute approximate surface area is 195 Å². The molecular formula is C24H25ClF3N3O2. The van der Waals surface area contributed by atoms with Crippen molar-refractivity contribution in [1.82, 2.24) is 15.1 Å². The lowest BCUT2D eigenvalue weighted by Gasteiger charge is -2.30. The van der Waals surface area contributed by atoms with Crippen molar-refractivity contribution in [1.29, 1.82) is 0 Å². The second kappa shape index (κ2) is 8.89. The van der Waals surface area contributed by atoms with Gasteiger partial charge in [-0.05, 0) is 55.0 Å². The maximum atomic E-state index is 13.5. The van der Waals surface area contributed by atoms with Crippen molar-refractivity contribution < 1.29 is 22.8 Å². The van der Waals surface area contributed by atoms with Gasteiger partial charge >= 0.3 is 12.2 Å². The normalized spacial score (nSPS) is 19.3. The average molecular weight is 480 g/mol. The second-order valence-corrected chi connectivity index (χ2v) is 9.16. The van der Waals surface area contributed by atoms with Gasteiger partial charge in [0.25, 0.3) is 0 Å². The molecule has 2 aromatic carbocycles. The lowest BCUT2D eigenvalue weighted by atomic mass is 9.98. The molecular weight excluding hydrogens is 455 g/mol. The lowest BCUT2D eigenvalue weighted by molar-refractivity contribution is -0.138. The van der Waals surface area contributed by atoms with Gasteiger partial charge in [-0.15, -0.1) is 0 Å². The molecule has 9 heteroatoms. The number of nitrogens with zero attached hydrogens (tertiary/aromatic N) is 2. The summed E-state index contributed by atoms with van der Waals surface area (Å²) in [5, 5.41) is 3.42. The minimum Gasteiger partial charge on any atom is -0.340 e. The fraction of sp³-hybridized carbons (Fsp3) is 0.417. The summed E-state index contributed by atoms with van der Waals surface area (Å²) >= 11 is 5.91. The molecule has 1 N–H and O–H groups in total. The molecule has 33 heavy (non-hydrogen) atoms. The van der Waals surface area contributed by atoms with E-state index in [-0.39, 0.29) is 11.5 Å². The number of carbonyl (C=O) groups is 2. The van der Waals surface area contributed by atoms with Crippen LogP contribution in [0.25, 0.3) is 0 Å². The highest BCUT2D eigenvalue weighted by atomic mass is 35.5. The van der Waals surface area contributed by atoms with E-state index in [1.54, 1.807) is 30.1 Å². The first-order valence-electron chi connectivity index (χ1n) is 10.9. The predicted molar refractivity (Wildman–Crippen MR) is 119 cm³/mol. The first-order valence-corrected chi connectivity index (χ1v) is 11.2. The summed E-state index contributed by atoms with van der Waals surface area (Å²) in [6.07, 6.45) is -2.48. The Kier molecular flexibility index (Phi) is 6.31. The quantitative estimate of drug-likeness (QED) is 0.642. The van der Waals surface area contributed by atoms with E-state index in [0.29, 0.717) is 43.8 Å². The fourth-order valence-electron chi connectivity index (χ4n) is 4.47. The van der Waals surface area contributed by atoms with Crippen LogP contribution in [0, 0.1) is 0 Å². The molecule has 0 radical (unpaired) electrons. The Balaban J connectivity index is 1.46. The van der Waals surface area contributed by atoms with Gasteiger partial charge in [0.15, 0.2) is 0 Å². The Bertz CT molecular complexity index is 1040. The van der Waals surface area contributed by atoms with E-state index in [4.69, 9.17) is 11.6 Å². The second-order valence-electron chi connectivity index (χ2n) is 8.73. The van der Waals surface area contributed by atoms with Gasteiger partial charge < -0.3 is 15.1 Å². The van der Waals surface area contributed by atoms with Crippen LogP contribution in [0.5, 0.6) is 0 Å². The van der Waals surface area contributed by atoms with Crippen LogP contribution in [-0.2, 0) is 23.1 Å². The number of nitrogens with one attached hydrogen (secondary N) is 1. The molecule has 1 saturated heterocycles. The van der Waals surface area contributed by atoms with Gasteiger partial charge in [0, 0.05) is 25.2 Å². The third-order valence-electron chi connectivity index (χ3n) is 6.35. The Morgan fingerprint density at radius 3 is 2.45 bits per heavy atom. The van der Waals surface area contributed by atoms with E-state index in [2.05, 4.69) is 5.32 Å². The van der Waals surface area contributed by atoms with Crippen molar-refractivity contribution in [2.75, 3.05) is 13.6 Å².